The monoisotopic (exact) mass is 496 g/mol. The predicted molar refractivity (Wildman–Crippen MR) is 154 cm³/mol. The first-order valence-corrected chi connectivity index (χ1v) is 12.8. The summed E-state index contributed by atoms with van der Waals surface area (Å²) in [6, 6.07) is 33.5. The molecule has 0 amide bonds. The first-order chi connectivity index (χ1) is 18.7. The van der Waals surface area contributed by atoms with Gasteiger partial charge >= 0.3 is 5.84 Å². The van der Waals surface area contributed by atoms with Crippen molar-refractivity contribution in [2.75, 3.05) is 26.2 Å². The van der Waals surface area contributed by atoms with E-state index < -0.39 is 0 Å². The largest absolute Gasteiger partial charge is 0.757 e. The quantitative estimate of drug-likeness (QED) is 0.213. The van der Waals surface area contributed by atoms with Crippen LogP contribution in [-0.4, -0.2) is 47.7 Å². The lowest BCUT2D eigenvalue weighted by atomic mass is 9.90. The molecule has 6 heteroatoms. The average Bonchev–Trinajstić information content (AvgIpc) is 3.59. The Bertz CT molecular complexity index is 1790. The van der Waals surface area contributed by atoms with Gasteiger partial charge in [-0.05, 0) is 72.8 Å². The van der Waals surface area contributed by atoms with Gasteiger partial charge in [-0.3, -0.25) is 4.99 Å². The number of amidine groups is 2. The second-order valence-electron chi connectivity index (χ2n) is 9.68. The van der Waals surface area contributed by atoms with Crippen LogP contribution in [0.15, 0.2) is 107 Å². The van der Waals surface area contributed by atoms with Gasteiger partial charge < -0.3 is 10.3 Å². The van der Waals surface area contributed by atoms with Gasteiger partial charge in [0.1, 0.15) is 5.84 Å². The zero-order valence-electron chi connectivity index (χ0n) is 20.7. The number of hydrogen-bond acceptors (Lipinski definition) is 5. The van der Waals surface area contributed by atoms with Crippen molar-refractivity contribution in [1.82, 2.24) is 5.06 Å². The lowest BCUT2D eigenvalue weighted by Gasteiger charge is -2.25. The Balaban J connectivity index is 1.32. The Morgan fingerprint density at radius 3 is 2.08 bits per heavy atom. The Morgan fingerprint density at radius 2 is 1.34 bits per heavy atom. The molecule has 0 radical (unpaired) electrons. The standard InChI is InChI=1S/C32H24N4O2/c37-35-17-15-33-31(35)23-9-5-21(6-10-23)25-13-14-29-27(19-25)20-26-3-1-2-4-28(26)30(29)22-7-11-24(12-8-22)32-34-16-18-36(32)38/h1-14,19-20H,15-18H2. The second kappa shape index (κ2) is 9.01. The summed E-state index contributed by atoms with van der Waals surface area (Å²) in [5.41, 5.74) is 6.17. The number of rotatable bonds is 4. The van der Waals surface area contributed by atoms with E-state index in [0.29, 0.717) is 37.9 Å². The Labute approximate surface area is 219 Å². The summed E-state index contributed by atoms with van der Waals surface area (Å²) in [4.78, 5) is 20.7. The van der Waals surface area contributed by atoms with Gasteiger partial charge in [0.05, 0.1) is 12.1 Å². The smallest absolute Gasteiger partial charge is 0.363 e. The Morgan fingerprint density at radius 1 is 0.658 bits per heavy atom. The van der Waals surface area contributed by atoms with Crippen LogP contribution in [0.3, 0.4) is 0 Å². The molecular weight excluding hydrogens is 472 g/mol. The Kier molecular flexibility index (Phi) is 5.34. The molecule has 0 aromatic heterocycles. The molecule has 0 fully saturated rings. The van der Waals surface area contributed by atoms with E-state index >= 15 is 0 Å². The van der Waals surface area contributed by atoms with E-state index in [-0.39, 0.29) is 0 Å². The van der Waals surface area contributed by atoms with Crippen LogP contribution in [0.1, 0.15) is 11.1 Å². The number of hydrogen-bond donors (Lipinski definition) is 0. The van der Waals surface area contributed by atoms with E-state index in [1.807, 2.05) is 24.3 Å². The van der Waals surface area contributed by atoms with Crippen molar-refractivity contribution in [3.8, 4) is 22.3 Å². The number of nitrogens with zero attached hydrogens (tertiary/aromatic N) is 4. The minimum absolute atomic E-state index is 0.419. The van der Waals surface area contributed by atoms with Gasteiger partial charge in [0.25, 0.3) is 0 Å². The molecular formula is C32H24N4O2. The molecule has 5 aromatic carbocycles. The van der Waals surface area contributed by atoms with E-state index in [2.05, 4.69) is 82.8 Å². The number of benzene rings is 5. The van der Waals surface area contributed by atoms with Crippen molar-refractivity contribution in [2.24, 2.45) is 9.98 Å². The highest BCUT2D eigenvalue weighted by Gasteiger charge is 2.26. The molecule has 6 nitrogen and oxygen atoms in total. The first kappa shape index (κ1) is 22.5. The molecule has 2 heterocycles. The van der Waals surface area contributed by atoms with Crippen molar-refractivity contribution >= 4 is 33.2 Å². The van der Waals surface area contributed by atoms with Crippen molar-refractivity contribution < 1.29 is 4.76 Å². The molecule has 0 N–H and O–H groups in total. The molecule has 0 saturated carbocycles. The predicted octanol–water partition coefficient (Wildman–Crippen LogP) is 6.43. The SMILES string of the molecule is O=[N+]1CCN=C1c1ccc(-c2ccc3c(-c4ccc(C5=NCCN5[O-])cc4)c4ccccc4cc3c2)cc1. The molecule has 0 spiro atoms. The lowest BCUT2D eigenvalue weighted by molar-refractivity contribution is -0.416. The number of aliphatic imine (C=N–C) groups is 2. The summed E-state index contributed by atoms with van der Waals surface area (Å²) in [7, 11) is 0. The van der Waals surface area contributed by atoms with Crippen LogP contribution in [0.2, 0.25) is 0 Å². The maximum atomic E-state index is 12.1. The van der Waals surface area contributed by atoms with Crippen LogP contribution >= 0.6 is 0 Å². The molecule has 2 aliphatic rings. The van der Waals surface area contributed by atoms with Gasteiger partial charge in [-0.1, -0.05) is 82.7 Å². The van der Waals surface area contributed by atoms with Crippen molar-refractivity contribution in [1.29, 1.82) is 0 Å². The van der Waals surface area contributed by atoms with Crippen LogP contribution in [0.4, 0.5) is 0 Å². The number of hydroxylamine groups is 2. The van der Waals surface area contributed by atoms with Crippen molar-refractivity contribution in [3.05, 3.63) is 118 Å². The number of fused-ring (bicyclic) bond motifs is 2. The zero-order chi connectivity index (χ0) is 25.6. The third kappa shape index (κ3) is 3.78. The minimum atomic E-state index is 0.419. The van der Waals surface area contributed by atoms with Gasteiger partial charge in [0.2, 0.25) is 0 Å². The molecule has 2 aliphatic heterocycles. The highest BCUT2D eigenvalue weighted by atomic mass is 16.5. The summed E-state index contributed by atoms with van der Waals surface area (Å²) in [5, 5.41) is 17.7. The highest BCUT2D eigenvalue weighted by molar-refractivity contribution is 6.13. The molecule has 0 bridgehead atoms. The number of nitroso groups, excluding NO2 is 1. The van der Waals surface area contributed by atoms with E-state index in [0.717, 1.165) is 43.0 Å². The molecule has 5 aromatic rings. The van der Waals surface area contributed by atoms with Crippen LogP contribution in [0, 0.1) is 10.1 Å². The molecule has 0 aliphatic carbocycles. The summed E-state index contributed by atoms with van der Waals surface area (Å²) >= 11 is 0. The molecule has 38 heavy (non-hydrogen) atoms. The van der Waals surface area contributed by atoms with E-state index in [1.54, 1.807) is 0 Å². The summed E-state index contributed by atoms with van der Waals surface area (Å²) in [6.45, 7) is 1.94. The zero-order valence-corrected chi connectivity index (χ0v) is 20.7. The third-order valence-electron chi connectivity index (χ3n) is 7.37. The van der Waals surface area contributed by atoms with Gasteiger partial charge in [-0.2, -0.15) is 0 Å². The molecule has 0 atom stereocenters. The summed E-state index contributed by atoms with van der Waals surface area (Å²) in [6.07, 6.45) is 0. The van der Waals surface area contributed by atoms with E-state index in [4.69, 9.17) is 0 Å². The van der Waals surface area contributed by atoms with Crippen LogP contribution < -0.4 is 0 Å². The highest BCUT2D eigenvalue weighted by Crippen LogP contribution is 2.38. The summed E-state index contributed by atoms with van der Waals surface area (Å²) in [5.74, 6) is 1.03. The minimum Gasteiger partial charge on any atom is -0.757 e. The van der Waals surface area contributed by atoms with E-state index in [1.165, 1.54) is 21.7 Å². The molecule has 0 unspecified atom stereocenters. The second-order valence-corrected chi connectivity index (χ2v) is 9.68. The van der Waals surface area contributed by atoms with Gasteiger partial charge in [-0.15, -0.1) is 0 Å². The van der Waals surface area contributed by atoms with Gasteiger partial charge in [-0.25, -0.2) is 0 Å². The fraction of sp³-hybridized carbons (Fsp3) is 0.125. The van der Waals surface area contributed by atoms with Crippen LogP contribution in [0.25, 0.3) is 43.8 Å². The Hall–Kier alpha value is -4.68. The maximum Gasteiger partial charge on any atom is 0.363 e. The van der Waals surface area contributed by atoms with Crippen molar-refractivity contribution in [2.45, 2.75) is 0 Å². The molecule has 0 saturated heterocycles. The van der Waals surface area contributed by atoms with E-state index in [9.17, 15) is 10.1 Å². The average molecular weight is 497 g/mol. The fourth-order valence-corrected chi connectivity index (χ4v) is 5.49. The summed E-state index contributed by atoms with van der Waals surface area (Å²) < 4.78 is 0.960. The molecule has 7 rings (SSSR count). The maximum absolute atomic E-state index is 12.1. The molecule has 184 valence electrons. The third-order valence-corrected chi connectivity index (χ3v) is 7.37. The van der Waals surface area contributed by atoms with Crippen molar-refractivity contribution in [3.63, 3.8) is 0 Å². The normalized spacial score (nSPS) is 15.4. The topological polar surface area (TPSA) is 71.1 Å². The fourth-order valence-electron chi connectivity index (χ4n) is 5.49. The van der Waals surface area contributed by atoms with Crippen LogP contribution in [-0.2, 0) is 0 Å². The lowest BCUT2D eigenvalue weighted by Crippen LogP contribution is -2.21. The first-order valence-electron chi connectivity index (χ1n) is 12.8. The van der Waals surface area contributed by atoms with Gasteiger partial charge in [0.15, 0.2) is 13.1 Å². The van der Waals surface area contributed by atoms with Gasteiger partial charge in [0, 0.05) is 12.1 Å². The van der Waals surface area contributed by atoms with Crippen LogP contribution in [0.5, 0.6) is 0 Å².